The van der Waals surface area contributed by atoms with Crippen molar-refractivity contribution in [2.45, 2.75) is 45.4 Å². The van der Waals surface area contributed by atoms with E-state index >= 15 is 0 Å². The standard InChI is InChI=1S/C15H22N4/c1-2-3-4-5-6-7-10-17-14-9-8-13-15(19-14)18-12-11-16-13/h8-9,11-12H,2-7,10H2,1H3,(H,17,18,19). The van der Waals surface area contributed by atoms with E-state index in [-0.39, 0.29) is 0 Å². The largest absolute Gasteiger partial charge is 0.370 e. The highest BCUT2D eigenvalue weighted by Gasteiger charge is 1.99. The predicted octanol–water partition coefficient (Wildman–Crippen LogP) is 3.80. The summed E-state index contributed by atoms with van der Waals surface area (Å²) in [6.45, 7) is 3.22. The van der Waals surface area contributed by atoms with Crippen molar-refractivity contribution in [3.05, 3.63) is 24.5 Å². The maximum absolute atomic E-state index is 4.44. The van der Waals surface area contributed by atoms with E-state index in [2.05, 4.69) is 27.2 Å². The Labute approximate surface area is 114 Å². The van der Waals surface area contributed by atoms with Crippen molar-refractivity contribution in [2.24, 2.45) is 0 Å². The molecule has 0 aliphatic rings. The van der Waals surface area contributed by atoms with Crippen LogP contribution in [0.2, 0.25) is 0 Å². The van der Waals surface area contributed by atoms with E-state index in [0.717, 1.165) is 17.9 Å². The average molecular weight is 258 g/mol. The monoisotopic (exact) mass is 258 g/mol. The molecule has 102 valence electrons. The van der Waals surface area contributed by atoms with Crippen LogP contribution in [0.5, 0.6) is 0 Å². The number of unbranched alkanes of at least 4 members (excludes halogenated alkanes) is 5. The van der Waals surface area contributed by atoms with Crippen LogP contribution in [-0.4, -0.2) is 21.5 Å². The normalized spacial score (nSPS) is 10.8. The zero-order valence-corrected chi connectivity index (χ0v) is 11.6. The molecule has 0 spiro atoms. The van der Waals surface area contributed by atoms with Gasteiger partial charge in [-0.3, -0.25) is 4.98 Å². The average Bonchev–Trinajstić information content (AvgIpc) is 2.46. The summed E-state index contributed by atoms with van der Waals surface area (Å²) in [6, 6.07) is 3.92. The topological polar surface area (TPSA) is 50.7 Å². The molecule has 0 aliphatic heterocycles. The fourth-order valence-electron chi connectivity index (χ4n) is 2.07. The highest BCUT2D eigenvalue weighted by atomic mass is 15.0. The predicted molar refractivity (Wildman–Crippen MR) is 79.2 cm³/mol. The molecule has 2 aromatic rings. The van der Waals surface area contributed by atoms with Crippen LogP contribution >= 0.6 is 0 Å². The highest BCUT2D eigenvalue weighted by molar-refractivity contribution is 5.71. The first-order valence-electron chi connectivity index (χ1n) is 7.22. The molecule has 2 heterocycles. The smallest absolute Gasteiger partial charge is 0.180 e. The van der Waals surface area contributed by atoms with Crippen molar-refractivity contribution < 1.29 is 0 Å². The number of anilines is 1. The maximum atomic E-state index is 4.44. The van der Waals surface area contributed by atoms with Gasteiger partial charge in [-0.2, -0.15) is 0 Å². The second-order valence-corrected chi connectivity index (χ2v) is 4.79. The molecule has 4 nitrogen and oxygen atoms in total. The first-order chi connectivity index (χ1) is 9.40. The lowest BCUT2D eigenvalue weighted by Crippen LogP contribution is -2.03. The van der Waals surface area contributed by atoms with Gasteiger partial charge < -0.3 is 5.32 Å². The molecule has 1 N–H and O–H groups in total. The summed E-state index contributed by atoms with van der Waals surface area (Å²) >= 11 is 0. The van der Waals surface area contributed by atoms with Crippen molar-refractivity contribution in [1.29, 1.82) is 0 Å². The zero-order valence-electron chi connectivity index (χ0n) is 11.6. The van der Waals surface area contributed by atoms with Gasteiger partial charge in [-0.15, -0.1) is 0 Å². The molecular formula is C15H22N4. The molecule has 0 radical (unpaired) electrons. The minimum Gasteiger partial charge on any atom is -0.370 e. The molecule has 2 rings (SSSR count). The quantitative estimate of drug-likeness (QED) is 0.732. The van der Waals surface area contributed by atoms with Gasteiger partial charge in [0.05, 0.1) is 0 Å². The van der Waals surface area contributed by atoms with Gasteiger partial charge in [0, 0.05) is 18.9 Å². The number of hydrogen-bond acceptors (Lipinski definition) is 4. The number of fused-ring (bicyclic) bond motifs is 1. The summed E-state index contributed by atoms with van der Waals surface area (Å²) in [5, 5.41) is 3.35. The van der Waals surface area contributed by atoms with E-state index in [1.54, 1.807) is 12.4 Å². The fraction of sp³-hybridized carbons (Fsp3) is 0.533. The summed E-state index contributed by atoms with van der Waals surface area (Å²) < 4.78 is 0. The van der Waals surface area contributed by atoms with E-state index in [4.69, 9.17) is 0 Å². The zero-order chi connectivity index (χ0) is 13.3. The first kappa shape index (κ1) is 13.7. The van der Waals surface area contributed by atoms with Crippen molar-refractivity contribution >= 4 is 17.0 Å². The third kappa shape index (κ3) is 4.47. The number of rotatable bonds is 8. The number of aromatic nitrogens is 3. The Morgan fingerprint density at radius 3 is 2.63 bits per heavy atom. The van der Waals surface area contributed by atoms with Gasteiger partial charge >= 0.3 is 0 Å². The second-order valence-electron chi connectivity index (χ2n) is 4.79. The first-order valence-corrected chi connectivity index (χ1v) is 7.22. The van der Waals surface area contributed by atoms with E-state index in [1.807, 2.05) is 12.1 Å². The van der Waals surface area contributed by atoms with Crippen molar-refractivity contribution in [1.82, 2.24) is 15.0 Å². The van der Waals surface area contributed by atoms with Crippen LogP contribution in [0.4, 0.5) is 5.82 Å². The summed E-state index contributed by atoms with van der Waals surface area (Å²) in [5.41, 5.74) is 1.54. The minimum absolute atomic E-state index is 0.704. The molecule has 4 heteroatoms. The lowest BCUT2D eigenvalue weighted by atomic mass is 10.1. The minimum atomic E-state index is 0.704. The second kappa shape index (κ2) is 7.67. The summed E-state index contributed by atoms with van der Waals surface area (Å²) in [7, 11) is 0. The van der Waals surface area contributed by atoms with E-state index in [1.165, 1.54) is 38.5 Å². The lowest BCUT2D eigenvalue weighted by Gasteiger charge is -2.06. The molecular weight excluding hydrogens is 236 g/mol. The van der Waals surface area contributed by atoms with Gasteiger partial charge in [-0.1, -0.05) is 39.0 Å². The van der Waals surface area contributed by atoms with Crippen LogP contribution in [0.1, 0.15) is 45.4 Å². The van der Waals surface area contributed by atoms with Crippen molar-refractivity contribution in [3.63, 3.8) is 0 Å². The van der Waals surface area contributed by atoms with Crippen LogP contribution in [0.3, 0.4) is 0 Å². The van der Waals surface area contributed by atoms with Crippen LogP contribution < -0.4 is 5.32 Å². The van der Waals surface area contributed by atoms with Gasteiger partial charge in [-0.25, -0.2) is 9.97 Å². The summed E-state index contributed by atoms with van der Waals surface area (Å²) in [5.74, 6) is 0.890. The Hall–Kier alpha value is -1.71. The molecule has 0 atom stereocenters. The highest BCUT2D eigenvalue weighted by Crippen LogP contribution is 2.10. The maximum Gasteiger partial charge on any atom is 0.180 e. The van der Waals surface area contributed by atoms with Crippen LogP contribution in [0.25, 0.3) is 11.2 Å². The van der Waals surface area contributed by atoms with Gasteiger partial charge in [0.15, 0.2) is 5.65 Å². The molecule has 0 unspecified atom stereocenters. The third-order valence-corrected chi connectivity index (χ3v) is 3.17. The fourth-order valence-corrected chi connectivity index (χ4v) is 2.07. The molecule has 0 aromatic carbocycles. The third-order valence-electron chi connectivity index (χ3n) is 3.17. The lowest BCUT2D eigenvalue weighted by molar-refractivity contribution is 0.617. The Bertz CT molecular complexity index is 498. The number of nitrogens with one attached hydrogen (secondary N) is 1. The van der Waals surface area contributed by atoms with Gasteiger partial charge in [-0.05, 0) is 18.6 Å². The van der Waals surface area contributed by atoms with Gasteiger partial charge in [0.2, 0.25) is 0 Å². The molecule has 19 heavy (non-hydrogen) atoms. The Kier molecular flexibility index (Phi) is 5.53. The number of hydrogen-bond donors (Lipinski definition) is 1. The van der Waals surface area contributed by atoms with E-state index in [9.17, 15) is 0 Å². The van der Waals surface area contributed by atoms with Crippen molar-refractivity contribution in [2.75, 3.05) is 11.9 Å². The summed E-state index contributed by atoms with van der Waals surface area (Å²) in [4.78, 5) is 12.9. The van der Waals surface area contributed by atoms with Gasteiger partial charge in [0.1, 0.15) is 11.3 Å². The molecule has 2 aromatic heterocycles. The Balaban J connectivity index is 1.72. The van der Waals surface area contributed by atoms with E-state index in [0.29, 0.717) is 5.65 Å². The van der Waals surface area contributed by atoms with Crippen LogP contribution in [0, 0.1) is 0 Å². The Morgan fingerprint density at radius 2 is 1.74 bits per heavy atom. The van der Waals surface area contributed by atoms with Crippen molar-refractivity contribution in [3.8, 4) is 0 Å². The molecule has 0 bridgehead atoms. The van der Waals surface area contributed by atoms with Gasteiger partial charge in [0.25, 0.3) is 0 Å². The molecule has 0 amide bonds. The number of pyridine rings is 1. The SMILES string of the molecule is CCCCCCCCNc1ccc2nccnc2n1. The van der Waals surface area contributed by atoms with E-state index < -0.39 is 0 Å². The molecule has 0 aliphatic carbocycles. The molecule has 0 saturated heterocycles. The molecule has 0 saturated carbocycles. The summed E-state index contributed by atoms with van der Waals surface area (Å²) in [6.07, 6.45) is 11.2. The Morgan fingerprint density at radius 1 is 0.947 bits per heavy atom. The molecule has 0 fully saturated rings. The van der Waals surface area contributed by atoms with Crippen LogP contribution in [-0.2, 0) is 0 Å². The van der Waals surface area contributed by atoms with Crippen LogP contribution in [0.15, 0.2) is 24.5 Å². The number of nitrogens with zero attached hydrogens (tertiary/aromatic N) is 3.